The highest BCUT2D eigenvalue weighted by molar-refractivity contribution is 5.96. The van der Waals surface area contributed by atoms with Crippen molar-refractivity contribution in [2.75, 3.05) is 11.4 Å². The highest BCUT2D eigenvalue weighted by atomic mass is 19.1. The highest BCUT2D eigenvalue weighted by Crippen LogP contribution is 2.22. The Morgan fingerprint density at radius 2 is 2.10 bits per heavy atom. The van der Waals surface area contributed by atoms with Crippen LogP contribution in [0.1, 0.15) is 25.2 Å². The van der Waals surface area contributed by atoms with Crippen LogP contribution in [0.3, 0.4) is 0 Å². The van der Waals surface area contributed by atoms with Crippen molar-refractivity contribution in [1.82, 2.24) is 15.5 Å². The molecule has 1 aliphatic heterocycles. The van der Waals surface area contributed by atoms with E-state index in [4.69, 9.17) is 8.94 Å². The van der Waals surface area contributed by atoms with Gasteiger partial charge in [-0.15, -0.1) is 0 Å². The maximum absolute atomic E-state index is 13.1. The summed E-state index contributed by atoms with van der Waals surface area (Å²) < 4.78 is 23.4. The Bertz CT molecular complexity index is 984. The van der Waals surface area contributed by atoms with Crippen molar-refractivity contribution < 1.29 is 22.9 Å². The summed E-state index contributed by atoms with van der Waals surface area (Å²) in [5, 5.41) is 6.72. The molecule has 0 saturated carbocycles. The number of halogens is 1. The van der Waals surface area contributed by atoms with Crippen LogP contribution in [0, 0.1) is 5.82 Å². The van der Waals surface area contributed by atoms with Crippen molar-refractivity contribution >= 4 is 17.5 Å². The first-order valence-corrected chi connectivity index (χ1v) is 9.30. The molecule has 9 heteroatoms. The smallest absolute Gasteiger partial charge is 0.238 e. The van der Waals surface area contributed by atoms with Gasteiger partial charge in [-0.2, -0.15) is 4.98 Å². The van der Waals surface area contributed by atoms with E-state index < -0.39 is 0 Å². The van der Waals surface area contributed by atoms with Gasteiger partial charge in [-0.3, -0.25) is 9.59 Å². The van der Waals surface area contributed by atoms with Gasteiger partial charge in [-0.25, -0.2) is 4.39 Å². The fraction of sp³-hybridized carbons (Fsp3) is 0.300. The molecule has 2 amide bonds. The lowest BCUT2D eigenvalue weighted by molar-refractivity contribution is -0.121. The third-order valence-electron chi connectivity index (χ3n) is 4.63. The molecule has 150 valence electrons. The molecule has 4 rings (SSSR count). The topological polar surface area (TPSA) is 101 Å². The van der Waals surface area contributed by atoms with Gasteiger partial charge in [-0.1, -0.05) is 5.16 Å². The van der Waals surface area contributed by atoms with Crippen LogP contribution < -0.4 is 10.2 Å². The summed E-state index contributed by atoms with van der Waals surface area (Å²) in [6.07, 6.45) is 3.03. The summed E-state index contributed by atoms with van der Waals surface area (Å²) in [6.45, 7) is 0.367. The van der Waals surface area contributed by atoms with Gasteiger partial charge in [0.1, 0.15) is 5.82 Å². The van der Waals surface area contributed by atoms with E-state index in [9.17, 15) is 14.0 Å². The lowest BCUT2D eigenvalue weighted by Crippen LogP contribution is -2.37. The number of carbonyl (C=O) groups excluding carboxylic acids is 2. The number of carbonyl (C=O) groups is 2. The van der Waals surface area contributed by atoms with Crippen LogP contribution >= 0.6 is 0 Å². The Labute approximate surface area is 165 Å². The van der Waals surface area contributed by atoms with Gasteiger partial charge in [0.15, 0.2) is 5.76 Å². The molecule has 1 fully saturated rings. The molecule has 2 aromatic heterocycles. The van der Waals surface area contributed by atoms with E-state index in [-0.39, 0.29) is 36.5 Å². The largest absolute Gasteiger partial charge is 0.461 e. The lowest BCUT2D eigenvalue weighted by atomic mass is 10.2. The number of nitrogens with zero attached hydrogens (tertiary/aromatic N) is 3. The molecule has 0 radical (unpaired) electrons. The van der Waals surface area contributed by atoms with Crippen molar-refractivity contribution in [2.24, 2.45) is 0 Å². The number of anilines is 1. The molecule has 0 aliphatic carbocycles. The first-order valence-electron chi connectivity index (χ1n) is 9.30. The summed E-state index contributed by atoms with van der Waals surface area (Å²) in [7, 11) is 0. The van der Waals surface area contributed by atoms with E-state index in [0.29, 0.717) is 42.5 Å². The summed E-state index contributed by atoms with van der Waals surface area (Å²) in [5.74, 6) is 0.729. The molecule has 1 N–H and O–H groups in total. The van der Waals surface area contributed by atoms with Crippen LogP contribution in [0.2, 0.25) is 0 Å². The van der Waals surface area contributed by atoms with Gasteiger partial charge in [0.2, 0.25) is 23.5 Å². The fourth-order valence-electron chi connectivity index (χ4n) is 3.24. The average Bonchev–Trinajstić information content (AvgIpc) is 3.43. The molecule has 1 aromatic carbocycles. The minimum Gasteiger partial charge on any atom is -0.461 e. The predicted octanol–water partition coefficient (Wildman–Crippen LogP) is 2.71. The Kier molecular flexibility index (Phi) is 5.37. The number of hydrogen-bond acceptors (Lipinski definition) is 6. The number of furan rings is 1. The van der Waals surface area contributed by atoms with Gasteiger partial charge in [0.05, 0.1) is 12.3 Å². The Morgan fingerprint density at radius 3 is 2.86 bits per heavy atom. The second kappa shape index (κ2) is 8.26. The molecule has 29 heavy (non-hydrogen) atoms. The minimum atomic E-state index is -0.359. The average molecular weight is 398 g/mol. The second-order valence-electron chi connectivity index (χ2n) is 6.79. The van der Waals surface area contributed by atoms with Crippen molar-refractivity contribution in [3.63, 3.8) is 0 Å². The molecule has 0 spiro atoms. The van der Waals surface area contributed by atoms with Crippen LogP contribution in [0.15, 0.2) is 51.6 Å². The predicted molar refractivity (Wildman–Crippen MR) is 100 cm³/mol. The molecular weight excluding hydrogens is 379 g/mol. The van der Waals surface area contributed by atoms with E-state index in [2.05, 4.69) is 15.5 Å². The van der Waals surface area contributed by atoms with Crippen molar-refractivity contribution in [3.8, 4) is 11.6 Å². The van der Waals surface area contributed by atoms with E-state index in [1.54, 1.807) is 29.2 Å². The highest BCUT2D eigenvalue weighted by Gasteiger charge is 2.31. The van der Waals surface area contributed by atoms with Gasteiger partial charge in [0, 0.05) is 31.5 Å². The Balaban J connectivity index is 1.23. The van der Waals surface area contributed by atoms with Gasteiger partial charge in [0.25, 0.3) is 0 Å². The minimum absolute atomic E-state index is 0.0989. The van der Waals surface area contributed by atoms with Crippen LogP contribution in [-0.4, -0.2) is 34.5 Å². The fourth-order valence-corrected chi connectivity index (χ4v) is 3.24. The number of benzene rings is 1. The van der Waals surface area contributed by atoms with E-state index in [0.717, 1.165) is 0 Å². The molecule has 8 nitrogen and oxygen atoms in total. The zero-order valence-corrected chi connectivity index (χ0v) is 15.5. The maximum atomic E-state index is 13.1. The van der Waals surface area contributed by atoms with Crippen molar-refractivity contribution in [1.29, 1.82) is 0 Å². The zero-order valence-electron chi connectivity index (χ0n) is 15.5. The summed E-state index contributed by atoms with van der Waals surface area (Å²) in [5.41, 5.74) is 0.622. The van der Waals surface area contributed by atoms with Crippen molar-refractivity contribution in [2.45, 2.75) is 31.7 Å². The number of amides is 2. The molecule has 3 heterocycles. The quantitative estimate of drug-likeness (QED) is 0.657. The molecular formula is C20H19FN4O4. The van der Waals surface area contributed by atoms with E-state index in [1.807, 2.05) is 0 Å². The molecule has 3 aromatic rings. The Morgan fingerprint density at radius 1 is 1.28 bits per heavy atom. The molecule has 1 aliphatic rings. The van der Waals surface area contributed by atoms with Crippen molar-refractivity contribution in [3.05, 3.63) is 54.4 Å². The SMILES string of the molecule is O=C(CCCc1nc(-c2ccco2)no1)N[C@@H]1CC(=O)N(c2ccc(F)cc2)C1. The number of rotatable bonds is 7. The lowest BCUT2D eigenvalue weighted by Gasteiger charge is -2.17. The third-order valence-corrected chi connectivity index (χ3v) is 4.63. The standard InChI is InChI=1S/C20H19FN4O4/c21-13-6-8-15(9-7-13)25-12-14(11-19(25)27)22-17(26)4-1-5-18-23-20(24-29-18)16-3-2-10-28-16/h2-3,6-10,14H,1,4-5,11-12H2,(H,22,26)/t14-/m1/s1. The van der Waals surface area contributed by atoms with Crippen LogP contribution in [0.25, 0.3) is 11.6 Å². The van der Waals surface area contributed by atoms with Crippen LogP contribution in [0.5, 0.6) is 0 Å². The molecule has 0 unspecified atom stereocenters. The zero-order chi connectivity index (χ0) is 20.2. The number of aryl methyl sites for hydroxylation is 1. The normalized spacial score (nSPS) is 16.4. The summed E-state index contributed by atoms with van der Waals surface area (Å²) in [4.78, 5) is 30.2. The van der Waals surface area contributed by atoms with E-state index >= 15 is 0 Å². The molecule has 1 saturated heterocycles. The number of hydrogen-bond donors (Lipinski definition) is 1. The first-order chi connectivity index (χ1) is 14.1. The van der Waals surface area contributed by atoms with Gasteiger partial charge < -0.3 is 19.2 Å². The summed E-state index contributed by atoms with van der Waals surface area (Å²) >= 11 is 0. The van der Waals surface area contributed by atoms with Gasteiger partial charge >= 0.3 is 0 Å². The second-order valence-corrected chi connectivity index (χ2v) is 6.79. The van der Waals surface area contributed by atoms with Crippen LogP contribution in [0.4, 0.5) is 10.1 Å². The van der Waals surface area contributed by atoms with E-state index in [1.165, 1.54) is 18.4 Å². The molecule has 0 bridgehead atoms. The number of nitrogens with one attached hydrogen (secondary N) is 1. The monoisotopic (exact) mass is 398 g/mol. The van der Waals surface area contributed by atoms with Crippen LogP contribution in [-0.2, 0) is 16.0 Å². The number of aromatic nitrogens is 2. The third kappa shape index (κ3) is 4.50. The Hall–Kier alpha value is -3.49. The molecule has 1 atom stereocenters. The van der Waals surface area contributed by atoms with Gasteiger partial charge in [-0.05, 0) is 42.8 Å². The maximum Gasteiger partial charge on any atom is 0.238 e. The summed E-state index contributed by atoms with van der Waals surface area (Å²) in [6, 6.07) is 8.93. The first kappa shape index (κ1) is 18.9.